The number of hydrogen-bond acceptors (Lipinski definition) is 8. The van der Waals surface area contributed by atoms with Crippen LogP contribution in [0.5, 0.6) is 0 Å². The van der Waals surface area contributed by atoms with Crippen LogP contribution >= 0.6 is 0 Å². The van der Waals surface area contributed by atoms with Crippen LogP contribution in [0, 0.1) is 17.2 Å². The van der Waals surface area contributed by atoms with Gasteiger partial charge in [-0.1, -0.05) is 37.3 Å². The lowest BCUT2D eigenvalue weighted by molar-refractivity contribution is -0.139. The van der Waals surface area contributed by atoms with E-state index in [0.29, 0.717) is 35.8 Å². The molecule has 2 aromatic carbocycles. The molecule has 2 N–H and O–H groups in total. The molecule has 1 saturated heterocycles. The van der Waals surface area contributed by atoms with E-state index in [2.05, 4.69) is 13.0 Å². The largest absolute Gasteiger partial charge is 0.466 e. The van der Waals surface area contributed by atoms with E-state index >= 15 is 0 Å². The molecular weight excluding hydrogens is 484 g/mol. The molecule has 0 aliphatic carbocycles. The third kappa shape index (κ3) is 4.85. The fourth-order valence-electron chi connectivity index (χ4n) is 4.93. The summed E-state index contributed by atoms with van der Waals surface area (Å²) in [4.78, 5) is 42.5. The van der Waals surface area contributed by atoms with Gasteiger partial charge in [-0.05, 0) is 48.6 Å². The Labute approximate surface area is 221 Å². The predicted molar refractivity (Wildman–Crippen MR) is 140 cm³/mol. The molecule has 9 nitrogen and oxygen atoms in total. The molecule has 0 spiro atoms. The molecular formula is C29H30N4O5. The smallest absolute Gasteiger partial charge is 0.355 e. The number of amides is 1. The summed E-state index contributed by atoms with van der Waals surface area (Å²) in [5, 5.41) is 10.1. The van der Waals surface area contributed by atoms with Gasteiger partial charge in [0.25, 0.3) is 5.91 Å². The van der Waals surface area contributed by atoms with Crippen molar-refractivity contribution >= 4 is 23.5 Å². The van der Waals surface area contributed by atoms with Crippen molar-refractivity contribution in [3.8, 4) is 6.07 Å². The van der Waals surface area contributed by atoms with Gasteiger partial charge in [-0.2, -0.15) is 5.26 Å². The van der Waals surface area contributed by atoms with Gasteiger partial charge in [0.15, 0.2) is 0 Å². The summed E-state index contributed by atoms with van der Waals surface area (Å²) in [5.74, 6) is -2.08. The van der Waals surface area contributed by atoms with Gasteiger partial charge < -0.3 is 20.1 Å². The first-order valence-electron chi connectivity index (χ1n) is 12.4. The molecule has 0 aromatic heterocycles. The number of piperidine rings is 1. The first-order chi connectivity index (χ1) is 18.3. The highest BCUT2D eigenvalue weighted by molar-refractivity contribution is 6.06. The maximum Gasteiger partial charge on any atom is 0.355 e. The predicted octanol–water partition coefficient (Wildman–Crippen LogP) is 3.46. The summed E-state index contributed by atoms with van der Waals surface area (Å²) in [6.45, 7) is 3.58. The van der Waals surface area contributed by atoms with Crippen molar-refractivity contribution in [2.45, 2.75) is 25.7 Å². The fourth-order valence-corrected chi connectivity index (χ4v) is 4.93. The van der Waals surface area contributed by atoms with Crippen molar-refractivity contribution in [3.63, 3.8) is 0 Å². The van der Waals surface area contributed by atoms with Crippen LogP contribution in [-0.2, 0) is 19.1 Å². The molecule has 2 aliphatic heterocycles. The number of esters is 2. The average molecular weight is 515 g/mol. The zero-order valence-corrected chi connectivity index (χ0v) is 21.6. The number of methoxy groups -OCH3 is 2. The van der Waals surface area contributed by atoms with Gasteiger partial charge in [0.2, 0.25) is 0 Å². The van der Waals surface area contributed by atoms with Crippen molar-refractivity contribution in [2.24, 2.45) is 11.7 Å². The number of nitrogens with two attached hydrogens (primary N) is 1. The molecule has 1 unspecified atom stereocenters. The van der Waals surface area contributed by atoms with E-state index < -0.39 is 17.9 Å². The highest BCUT2D eigenvalue weighted by Crippen LogP contribution is 2.43. The topological polar surface area (TPSA) is 126 Å². The lowest BCUT2D eigenvalue weighted by atomic mass is 9.81. The minimum Gasteiger partial charge on any atom is -0.466 e. The quantitative estimate of drug-likeness (QED) is 0.602. The number of nitrogens with zero attached hydrogens (tertiary/aromatic N) is 3. The molecule has 2 aromatic rings. The Balaban J connectivity index is 1.83. The van der Waals surface area contributed by atoms with Gasteiger partial charge in [-0.15, -0.1) is 0 Å². The molecule has 1 amide bonds. The van der Waals surface area contributed by atoms with Gasteiger partial charge in [0, 0.05) is 24.3 Å². The average Bonchev–Trinajstić information content (AvgIpc) is 2.96. The third-order valence-electron chi connectivity index (χ3n) is 7.05. The lowest BCUT2D eigenvalue weighted by Crippen LogP contribution is -2.41. The first kappa shape index (κ1) is 26.5. The van der Waals surface area contributed by atoms with Crippen molar-refractivity contribution in [1.82, 2.24) is 4.90 Å². The van der Waals surface area contributed by atoms with Crippen LogP contribution in [0.25, 0.3) is 0 Å². The molecule has 4 rings (SSSR count). The number of ether oxygens (including phenoxy) is 2. The third-order valence-corrected chi connectivity index (χ3v) is 7.05. The normalized spacial score (nSPS) is 18.2. The van der Waals surface area contributed by atoms with E-state index in [1.165, 1.54) is 19.1 Å². The van der Waals surface area contributed by atoms with E-state index in [1.807, 2.05) is 4.90 Å². The Morgan fingerprint density at radius 3 is 2.11 bits per heavy atom. The number of carbonyl (C=O) groups is 3. The van der Waals surface area contributed by atoms with Crippen LogP contribution in [-0.4, -0.2) is 50.1 Å². The number of anilines is 1. The van der Waals surface area contributed by atoms with Crippen molar-refractivity contribution < 1.29 is 23.9 Å². The van der Waals surface area contributed by atoms with E-state index in [9.17, 15) is 19.6 Å². The molecule has 38 heavy (non-hydrogen) atoms. The number of rotatable bonds is 5. The molecule has 1 fully saturated rings. The second-order valence-corrected chi connectivity index (χ2v) is 9.36. The van der Waals surface area contributed by atoms with Gasteiger partial charge in [-0.25, -0.2) is 9.59 Å². The van der Waals surface area contributed by atoms with Crippen LogP contribution in [0.4, 0.5) is 5.69 Å². The van der Waals surface area contributed by atoms with Crippen LogP contribution in [0.15, 0.2) is 77.3 Å². The SMILES string of the molecule is COC(=O)C1=C(C(=O)OC)N(c2ccc(C(=O)N3CCC(C)CC3)cc2)C(N)=C(C#N)C1c1ccccc1. The summed E-state index contributed by atoms with van der Waals surface area (Å²) < 4.78 is 10.1. The van der Waals surface area contributed by atoms with E-state index in [1.54, 1.807) is 54.6 Å². The van der Waals surface area contributed by atoms with Crippen LogP contribution < -0.4 is 10.6 Å². The summed E-state index contributed by atoms with van der Waals surface area (Å²) >= 11 is 0. The van der Waals surface area contributed by atoms with Crippen molar-refractivity contribution in [2.75, 3.05) is 32.2 Å². The Kier molecular flexibility index (Phi) is 7.82. The second kappa shape index (κ2) is 11.2. The van der Waals surface area contributed by atoms with Crippen LogP contribution in [0.1, 0.15) is 41.6 Å². The summed E-state index contributed by atoms with van der Waals surface area (Å²) in [6.07, 6.45) is 1.92. The monoisotopic (exact) mass is 514 g/mol. The number of allylic oxidation sites excluding steroid dienone is 1. The Hall–Kier alpha value is -4.58. The van der Waals surface area contributed by atoms with E-state index in [-0.39, 0.29) is 28.6 Å². The van der Waals surface area contributed by atoms with Gasteiger partial charge in [0.05, 0.1) is 37.4 Å². The van der Waals surface area contributed by atoms with Crippen LogP contribution in [0.3, 0.4) is 0 Å². The van der Waals surface area contributed by atoms with Gasteiger partial charge in [-0.3, -0.25) is 9.69 Å². The van der Waals surface area contributed by atoms with Gasteiger partial charge >= 0.3 is 11.9 Å². The molecule has 0 saturated carbocycles. The highest BCUT2D eigenvalue weighted by Gasteiger charge is 2.43. The molecule has 1 atom stereocenters. The maximum atomic E-state index is 13.2. The standard InChI is InChI=1S/C29H30N4O5/c1-18-13-15-32(16-14-18)27(34)20-9-11-21(12-10-20)33-25(29(36)38-3)24(28(35)37-2)23(22(17-30)26(33)31)19-7-5-4-6-8-19/h4-12,18,23H,13-16,31H2,1-3H3. The van der Waals surface area contributed by atoms with Crippen molar-refractivity contribution in [1.29, 1.82) is 5.26 Å². The number of benzene rings is 2. The lowest BCUT2D eigenvalue weighted by Gasteiger charge is -2.36. The summed E-state index contributed by atoms with van der Waals surface area (Å²) in [7, 11) is 2.40. The zero-order valence-electron chi connectivity index (χ0n) is 21.6. The first-order valence-corrected chi connectivity index (χ1v) is 12.4. The number of likely N-dealkylation sites (tertiary alicyclic amines) is 1. The highest BCUT2D eigenvalue weighted by atomic mass is 16.5. The maximum absolute atomic E-state index is 13.2. The minimum atomic E-state index is -0.943. The van der Waals surface area contributed by atoms with Crippen LogP contribution in [0.2, 0.25) is 0 Å². The number of hydrogen-bond donors (Lipinski definition) is 1. The molecule has 2 heterocycles. The molecule has 0 radical (unpaired) electrons. The Morgan fingerprint density at radius 2 is 1.55 bits per heavy atom. The fraction of sp³-hybridized carbons (Fsp3) is 0.310. The van der Waals surface area contributed by atoms with E-state index in [4.69, 9.17) is 15.2 Å². The number of carbonyl (C=O) groups excluding carboxylic acids is 3. The van der Waals surface area contributed by atoms with E-state index in [0.717, 1.165) is 12.8 Å². The molecule has 0 bridgehead atoms. The summed E-state index contributed by atoms with van der Waals surface area (Å²) in [5.41, 5.74) is 7.83. The second-order valence-electron chi connectivity index (χ2n) is 9.36. The molecule has 9 heteroatoms. The summed E-state index contributed by atoms with van der Waals surface area (Å²) in [6, 6.07) is 17.5. The molecule has 196 valence electrons. The Morgan fingerprint density at radius 1 is 0.947 bits per heavy atom. The zero-order chi connectivity index (χ0) is 27.4. The number of nitriles is 1. The van der Waals surface area contributed by atoms with Gasteiger partial charge in [0.1, 0.15) is 11.5 Å². The Bertz CT molecular complexity index is 1330. The van der Waals surface area contributed by atoms with Crippen molar-refractivity contribution in [3.05, 3.63) is 88.4 Å². The molecule has 2 aliphatic rings. The minimum absolute atomic E-state index is 0.0292.